The first kappa shape index (κ1) is 10.1. The van der Waals surface area contributed by atoms with Crippen molar-refractivity contribution in [2.24, 2.45) is 4.99 Å². The molecule has 2 aromatic carbocycles. The maximum Gasteiger partial charge on any atom is 0.0991 e. The van der Waals surface area contributed by atoms with E-state index in [1.807, 2.05) is 48.5 Å². The molecule has 2 aromatic rings. The van der Waals surface area contributed by atoms with Crippen molar-refractivity contribution in [2.45, 2.75) is 0 Å². The summed E-state index contributed by atoms with van der Waals surface area (Å²) in [6.45, 7) is 3.47. The van der Waals surface area contributed by atoms with Crippen molar-refractivity contribution in [3.8, 4) is 17.2 Å². The Morgan fingerprint density at radius 3 is 1.81 bits per heavy atom. The molecule has 76 valence electrons. The zero-order chi connectivity index (χ0) is 11.4. The lowest BCUT2D eigenvalue weighted by Gasteiger charge is -2.01. The van der Waals surface area contributed by atoms with E-state index >= 15 is 0 Å². The van der Waals surface area contributed by atoms with Gasteiger partial charge in [-0.3, -0.25) is 4.99 Å². The molecule has 0 aliphatic rings. The molecular formula is C14H10N2. The van der Waals surface area contributed by atoms with Gasteiger partial charge in [-0.2, -0.15) is 5.26 Å². The van der Waals surface area contributed by atoms with Crippen LogP contribution in [-0.4, -0.2) is 6.72 Å². The minimum absolute atomic E-state index is 0.674. The molecule has 16 heavy (non-hydrogen) atoms. The van der Waals surface area contributed by atoms with Crippen molar-refractivity contribution in [1.29, 1.82) is 5.26 Å². The highest BCUT2D eigenvalue weighted by Gasteiger charge is 1.97. The van der Waals surface area contributed by atoms with E-state index in [9.17, 15) is 0 Å². The second-order valence-electron chi connectivity index (χ2n) is 3.39. The zero-order valence-electron chi connectivity index (χ0n) is 8.72. The lowest BCUT2D eigenvalue weighted by molar-refractivity contribution is 1.48. The largest absolute Gasteiger partial charge is 0.265 e. The average molecular weight is 206 g/mol. The molecule has 0 aliphatic heterocycles. The van der Waals surface area contributed by atoms with Crippen LogP contribution in [0.3, 0.4) is 0 Å². The molecule has 2 heteroatoms. The molecule has 0 unspecified atom stereocenters. The maximum atomic E-state index is 8.70. The standard InChI is InChI=1S/C14H10N2/c1-16-14-8-6-13(7-9-14)12-4-2-11(10-15)3-5-12/h2-9H,1H2. The first-order valence-electron chi connectivity index (χ1n) is 4.91. The topological polar surface area (TPSA) is 36.1 Å². The van der Waals surface area contributed by atoms with E-state index < -0.39 is 0 Å². The van der Waals surface area contributed by atoms with Crippen molar-refractivity contribution in [3.05, 3.63) is 54.1 Å². The SMILES string of the molecule is C=Nc1ccc(-c2ccc(C#N)cc2)cc1. The fraction of sp³-hybridized carbons (Fsp3) is 0. The lowest BCUT2D eigenvalue weighted by atomic mass is 10.0. The smallest absolute Gasteiger partial charge is 0.0991 e. The van der Waals surface area contributed by atoms with E-state index in [4.69, 9.17) is 5.26 Å². The fourth-order valence-corrected chi connectivity index (χ4v) is 1.50. The summed E-state index contributed by atoms with van der Waals surface area (Å²) in [5, 5.41) is 8.70. The summed E-state index contributed by atoms with van der Waals surface area (Å²) in [5.74, 6) is 0. The van der Waals surface area contributed by atoms with E-state index in [2.05, 4.69) is 17.8 Å². The molecule has 0 bridgehead atoms. The zero-order valence-corrected chi connectivity index (χ0v) is 8.72. The van der Waals surface area contributed by atoms with Crippen LogP contribution in [0.2, 0.25) is 0 Å². The Labute approximate surface area is 94.5 Å². The van der Waals surface area contributed by atoms with Gasteiger partial charge in [0.25, 0.3) is 0 Å². The number of aliphatic imine (C=N–C) groups is 1. The Balaban J connectivity index is 2.35. The summed E-state index contributed by atoms with van der Waals surface area (Å²) in [7, 11) is 0. The van der Waals surface area contributed by atoms with Crippen molar-refractivity contribution >= 4 is 12.4 Å². The Kier molecular flexibility index (Phi) is 2.79. The second kappa shape index (κ2) is 4.41. The number of nitriles is 1. The summed E-state index contributed by atoms with van der Waals surface area (Å²) in [4.78, 5) is 3.84. The predicted molar refractivity (Wildman–Crippen MR) is 65.8 cm³/mol. The molecule has 0 fully saturated rings. The summed E-state index contributed by atoms with van der Waals surface area (Å²) in [6.07, 6.45) is 0. The molecule has 0 spiro atoms. The molecule has 0 atom stereocenters. The van der Waals surface area contributed by atoms with Crippen molar-refractivity contribution in [2.75, 3.05) is 0 Å². The van der Waals surface area contributed by atoms with Gasteiger partial charge in [-0.25, -0.2) is 0 Å². The molecule has 0 radical (unpaired) electrons. The third-order valence-electron chi connectivity index (χ3n) is 2.40. The fourth-order valence-electron chi connectivity index (χ4n) is 1.50. The number of rotatable bonds is 2. The predicted octanol–water partition coefficient (Wildman–Crippen LogP) is 3.56. The maximum absolute atomic E-state index is 8.70. The molecule has 0 heterocycles. The van der Waals surface area contributed by atoms with Crippen molar-refractivity contribution < 1.29 is 0 Å². The molecule has 0 saturated heterocycles. The Morgan fingerprint density at radius 1 is 0.875 bits per heavy atom. The molecule has 0 amide bonds. The molecule has 0 aromatic heterocycles. The van der Waals surface area contributed by atoms with Gasteiger partial charge < -0.3 is 0 Å². The van der Waals surface area contributed by atoms with Crippen LogP contribution in [0.25, 0.3) is 11.1 Å². The van der Waals surface area contributed by atoms with E-state index in [0.717, 1.165) is 16.8 Å². The molecule has 2 rings (SSSR count). The highest BCUT2D eigenvalue weighted by Crippen LogP contribution is 2.22. The third kappa shape index (κ3) is 1.99. The minimum atomic E-state index is 0.674. The van der Waals surface area contributed by atoms with Gasteiger partial charge in [-0.15, -0.1) is 0 Å². The summed E-state index contributed by atoms with van der Waals surface area (Å²) >= 11 is 0. The van der Waals surface area contributed by atoms with Crippen LogP contribution in [0.1, 0.15) is 5.56 Å². The summed E-state index contributed by atoms with van der Waals surface area (Å²) in [5.41, 5.74) is 3.73. The monoisotopic (exact) mass is 206 g/mol. The normalized spacial score (nSPS) is 9.44. The molecule has 0 saturated carbocycles. The van der Waals surface area contributed by atoms with Gasteiger partial charge in [0, 0.05) is 0 Å². The van der Waals surface area contributed by atoms with Crippen LogP contribution < -0.4 is 0 Å². The van der Waals surface area contributed by atoms with Crippen LogP contribution >= 0.6 is 0 Å². The average Bonchev–Trinajstić information content (AvgIpc) is 2.39. The quantitative estimate of drug-likeness (QED) is 0.692. The second-order valence-corrected chi connectivity index (χ2v) is 3.39. The number of nitrogens with zero attached hydrogens (tertiary/aromatic N) is 2. The highest BCUT2D eigenvalue weighted by molar-refractivity contribution is 5.66. The van der Waals surface area contributed by atoms with Gasteiger partial charge in [0.15, 0.2) is 0 Å². The summed E-state index contributed by atoms with van der Waals surface area (Å²) in [6, 6.07) is 17.4. The Morgan fingerprint density at radius 2 is 1.38 bits per heavy atom. The summed E-state index contributed by atoms with van der Waals surface area (Å²) < 4.78 is 0. The van der Waals surface area contributed by atoms with Crippen molar-refractivity contribution in [3.63, 3.8) is 0 Å². The molecule has 0 aliphatic carbocycles. The van der Waals surface area contributed by atoms with Gasteiger partial charge >= 0.3 is 0 Å². The van der Waals surface area contributed by atoms with Gasteiger partial charge in [-0.1, -0.05) is 24.3 Å². The van der Waals surface area contributed by atoms with Gasteiger partial charge in [0.05, 0.1) is 17.3 Å². The van der Waals surface area contributed by atoms with Crippen LogP contribution in [0.15, 0.2) is 53.5 Å². The number of hydrogen-bond acceptors (Lipinski definition) is 2. The van der Waals surface area contributed by atoms with Crippen LogP contribution in [-0.2, 0) is 0 Å². The minimum Gasteiger partial charge on any atom is -0.265 e. The van der Waals surface area contributed by atoms with E-state index in [1.165, 1.54) is 0 Å². The van der Waals surface area contributed by atoms with Crippen LogP contribution in [0.4, 0.5) is 5.69 Å². The van der Waals surface area contributed by atoms with E-state index in [-0.39, 0.29) is 0 Å². The lowest BCUT2D eigenvalue weighted by Crippen LogP contribution is -1.78. The van der Waals surface area contributed by atoms with Gasteiger partial charge in [-0.05, 0) is 42.1 Å². The Bertz CT molecular complexity index is 530. The van der Waals surface area contributed by atoms with Gasteiger partial charge in [0.2, 0.25) is 0 Å². The van der Waals surface area contributed by atoms with E-state index in [0.29, 0.717) is 5.56 Å². The number of benzene rings is 2. The molecule has 2 nitrogen and oxygen atoms in total. The molecular weight excluding hydrogens is 196 g/mol. The first-order chi connectivity index (χ1) is 7.83. The first-order valence-corrected chi connectivity index (χ1v) is 4.91. The van der Waals surface area contributed by atoms with E-state index in [1.54, 1.807) is 0 Å². The Hall–Kier alpha value is -2.40. The highest BCUT2D eigenvalue weighted by atomic mass is 14.7. The van der Waals surface area contributed by atoms with Crippen LogP contribution in [0.5, 0.6) is 0 Å². The van der Waals surface area contributed by atoms with Crippen molar-refractivity contribution in [1.82, 2.24) is 0 Å². The third-order valence-corrected chi connectivity index (χ3v) is 2.40. The van der Waals surface area contributed by atoms with Crippen LogP contribution in [0, 0.1) is 11.3 Å². The molecule has 0 N–H and O–H groups in total. The number of hydrogen-bond donors (Lipinski definition) is 0. The van der Waals surface area contributed by atoms with Gasteiger partial charge in [0.1, 0.15) is 0 Å².